The van der Waals surface area contributed by atoms with E-state index < -0.39 is 17.7 Å². The normalized spacial score (nSPS) is 18.2. The Morgan fingerprint density at radius 1 is 1.20 bits per heavy atom. The SMILES string of the molecule is Cc1n[nH]c(C)c1C(O)=C1C(=O)C(=O)N(Cc2cccnc2)[C@H]1c1ccc(Cl)cc1. The maximum absolute atomic E-state index is 13.0. The number of Topliss-reactive ketones (excluding diaryl/α,β-unsaturated/α-hetero) is 1. The summed E-state index contributed by atoms with van der Waals surface area (Å²) >= 11 is 6.03. The number of nitrogens with zero attached hydrogens (tertiary/aromatic N) is 3. The summed E-state index contributed by atoms with van der Waals surface area (Å²) in [7, 11) is 0. The molecular formula is C22H19ClN4O3. The standard InChI is InChI=1S/C22H19ClN4O3/c1-12-17(13(2)26-25-12)20(28)18-19(15-5-7-16(23)8-6-15)27(22(30)21(18)29)11-14-4-3-9-24-10-14/h3-10,19,28H,11H2,1-2H3,(H,25,26)/t19-/m0/s1. The highest BCUT2D eigenvalue weighted by atomic mass is 35.5. The van der Waals surface area contributed by atoms with Crippen molar-refractivity contribution in [1.82, 2.24) is 20.1 Å². The molecule has 2 aromatic heterocycles. The van der Waals surface area contributed by atoms with Crippen LogP contribution in [0.5, 0.6) is 0 Å². The van der Waals surface area contributed by atoms with Gasteiger partial charge >= 0.3 is 0 Å². The average molecular weight is 423 g/mol. The van der Waals surface area contributed by atoms with E-state index >= 15 is 0 Å². The number of amides is 1. The molecule has 30 heavy (non-hydrogen) atoms. The van der Waals surface area contributed by atoms with Gasteiger partial charge in [0.15, 0.2) is 0 Å². The molecular weight excluding hydrogens is 404 g/mol. The van der Waals surface area contributed by atoms with E-state index in [-0.39, 0.29) is 17.9 Å². The lowest BCUT2D eigenvalue weighted by Gasteiger charge is -2.25. The maximum atomic E-state index is 13.0. The number of carbonyl (C=O) groups excluding carboxylic acids is 2. The molecule has 1 amide bonds. The van der Waals surface area contributed by atoms with Crippen LogP contribution in [0.15, 0.2) is 54.4 Å². The van der Waals surface area contributed by atoms with Gasteiger partial charge in [0.2, 0.25) is 0 Å². The van der Waals surface area contributed by atoms with Gasteiger partial charge in [-0.15, -0.1) is 0 Å². The second kappa shape index (κ2) is 7.76. The molecule has 4 rings (SSSR count). The van der Waals surface area contributed by atoms with Crippen molar-refractivity contribution in [3.05, 3.63) is 87.5 Å². The van der Waals surface area contributed by atoms with Gasteiger partial charge in [0.1, 0.15) is 5.76 Å². The average Bonchev–Trinajstić information content (AvgIpc) is 3.20. The van der Waals surface area contributed by atoms with Gasteiger partial charge in [0.25, 0.3) is 11.7 Å². The van der Waals surface area contributed by atoms with Gasteiger partial charge in [-0.25, -0.2) is 0 Å². The Kier molecular flexibility index (Phi) is 5.13. The van der Waals surface area contributed by atoms with Crippen molar-refractivity contribution >= 4 is 29.1 Å². The van der Waals surface area contributed by atoms with Gasteiger partial charge < -0.3 is 10.0 Å². The molecule has 0 bridgehead atoms. The van der Waals surface area contributed by atoms with Crippen LogP contribution in [0.2, 0.25) is 5.02 Å². The second-order valence-corrected chi connectivity index (χ2v) is 7.59. The Bertz CT molecular complexity index is 1130. The van der Waals surface area contributed by atoms with Crippen LogP contribution in [0.25, 0.3) is 5.76 Å². The number of benzene rings is 1. The zero-order valence-electron chi connectivity index (χ0n) is 16.4. The summed E-state index contributed by atoms with van der Waals surface area (Å²) in [6, 6.07) is 9.70. The Hall–Kier alpha value is -3.45. The van der Waals surface area contributed by atoms with Crippen molar-refractivity contribution in [1.29, 1.82) is 0 Å². The molecule has 1 atom stereocenters. The summed E-state index contributed by atoms with van der Waals surface area (Å²) in [5.74, 6) is -1.67. The third kappa shape index (κ3) is 3.37. The molecule has 1 aliphatic heterocycles. The minimum absolute atomic E-state index is 0.0267. The summed E-state index contributed by atoms with van der Waals surface area (Å²) in [4.78, 5) is 31.5. The number of H-pyrrole nitrogens is 1. The van der Waals surface area contributed by atoms with E-state index in [0.717, 1.165) is 5.56 Å². The third-order valence-corrected chi connectivity index (χ3v) is 5.42. The molecule has 0 unspecified atom stereocenters. The van der Waals surface area contributed by atoms with Crippen LogP contribution in [-0.2, 0) is 16.1 Å². The van der Waals surface area contributed by atoms with E-state index in [0.29, 0.717) is 27.5 Å². The maximum Gasteiger partial charge on any atom is 0.295 e. The number of aliphatic hydroxyl groups is 1. The molecule has 1 aromatic carbocycles. The number of aromatic nitrogens is 3. The molecule has 152 valence electrons. The van der Waals surface area contributed by atoms with Crippen molar-refractivity contribution in [2.24, 2.45) is 0 Å². The van der Waals surface area contributed by atoms with E-state index in [1.54, 1.807) is 56.6 Å². The van der Waals surface area contributed by atoms with Crippen LogP contribution >= 0.6 is 11.6 Å². The highest BCUT2D eigenvalue weighted by molar-refractivity contribution is 6.46. The van der Waals surface area contributed by atoms with Gasteiger partial charge in [0.05, 0.1) is 22.9 Å². The summed E-state index contributed by atoms with van der Waals surface area (Å²) in [5, 5.41) is 18.5. The minimum atomic E-state index is -0.767. The summed E-state index contributed by atoms with van der Waals surface area (Å²) in [6.07, 6.45) is 3.28. The number of nitrogens with one attached hydrogen (secondary N) is 1. The fraction of sp³-hybridized carbons (Fsp3) is 0.182. The predicted molar refractivity (Wildman–Crippen MR) is 112 cm³/mol. The van der Waals surface area contributed by atoms with E-state index in [4.69, 9.17) is 11.6 Å². The molecule has 1 fully saturated rings. The van der Waals surface area contributed by atoms with Gasteiger partial charge in [0, 0.05) is 29.7 Å². The molecule has 0 aliphatic carbocycles. The first kappa shape index (κ1) is 19.8. The number of aryl methyl sites for hydroxylation is 2. The fourth-order valence-electron chi connectivity index (χ4n) is 3.76. The number of hydrogen-bond acceptors (Lipinski definition) is 5. The minimum Gasteiger partial charge on any atom is -0.507 e. The lowest BCUT2D eigenvalue weighted by atomic mass is 9.94. The van der Waals surface area contributed by atoms with E-state index in [2.05, 4.69) is 15.2 Å². The number of carbonyl (C=O) groups is 2. The van der Waals surface area contributed by atoms with Crippen LogP contribution in [0, 0.1) is 13.8 Å². The van der Waals surface area contributed by atoms with Crippen LogP contribution < -0.4 is 0 Å². The van der Waals surface area contributed by atoms with Crippen LogP contribution in [0.4, 0.5) is 0 Å². The zero-order chi connectivity index (χ0) is 21.4. The van der Waals surface area contributed by atoms with E-state index in [1.807, 2.05) is 6.07 Å². The van der Waals surface area contributed by atoms with Crippen molar-refractivity contribution in [3.8, 4) is 0 Å². The van der Waals surface area contributed by atoms with Gasteiger partial charge in [-0.1, -0.05) is 29.8 Å². The largest absolute Gasteiger partial charge is 0.507 e. The van der Waals surface area contributed by atoms with Crippen molar-refractivity contribution in [2.75, 3.05) is 0 Å². The monoisotopic (exact) mass is 422 g/mol. The fourth-order valence-corrected chi connectivity index (χ4v) is 3.88. The molecule has 3 heterocycles. The number of pyridine rings is 1. The molecule has 0 spiro atoms. The highest BCUT2D eigenvalue weighted by Gasteiger charge is 2.46. The Morgan fingerprint density at radius 2 is 1.93 bits per heavy atom. The number of rotatable bonds is 4. The van der Waals surface area contributed by atoms with E-state index in [1.165, 1.54) is 4.90 Å². The number of likely N-dealkylation sites (tertiary alicyclic amines) is 1. The molecule has 3 aromatic rings. The molecule has 1 aliphatic rings. The Morgan fingerprint density at radius 3 is 2.53 bits per heavy atom. The number of aromatic amines is 1. The molecule has 8 heteroatoms. The highest BCUT2D eigenvalue weighted by Crippen LogP contribution is 2.41. The smallest absolute Gasteiger partial charge is 0.295 e. The number of ketones is 1. The first-order valence-corrected chi connectivity index (χ1v) is 9.71. The van der Waals surface area contributed by atoms with Crippen molar-refractivity contribution in [2.45, 2.75) is 26.4 Å². The number of aliphatic hydroxyl groups excluding tert-OH is 1. The Labute approximate surface area is 178 Å². The lowest BCUT2D eigenvalue weighted by Crippen LogP contribution is -2.29. The van der Waals surface area contributed by atoms with Gasteiger partial charge in [-0.2, -0.15) is 5.10 Å². The lowest BCUT2D eigenvalue weighted by molar-refractivity contribution is -0.140. The number of halogens is 1. The molecule has 7 nitrogen and oxygen atoms in total. The summed E-state index contributed by atoms with van der Waals surface area (Å²) in [6.45, 7) is 3.64. The number of hydrogen-bond donors (Lipinski definition) is 2. The summed E-state index contributed by atoms with van der Waals surface area (Å²) < 4.78 is 0. The topological polar surface area (TPSA) is 99.2 Å². The molecule has 0 saturated carbocycles. The summed E-state index contributed by atoms with van der Waals surface area (Å²) in [5.41, 5.74) is 3.04. The second-order valence-electron chi connectivity index (χ2n) is 7.15. The van der Waals surface area contributed by atoms with Crippen molar-refractivity contribution in [3.63, 3.8) is 0 Å². The van der Waals surface area contributed by atoms with Gasteiger partial charge in [-0.3, -0.25) is 19.7 Å². The molecule has 2 N–H and O–H groups in total. The van der Waals surface area contributed by atoms with Crippen molar-refractivity contribution < 1.29 is 14.7 Å². The molecule has 0 radical (unpaired) electrons. The zero-order valence-corrected chi connectivity index (χ0v) is 17.1. The third-order valence-electron chi connectivity index (χ3n) is 5.17. The predicted octanol–water partition coefficient (Wildman–Crippen LogP) is 3.70. The van der Waals surface area contributed by atoms with Crippen LogP contribution in [-0.4, -0.2) is 36.9 Å². The molecule has 1 saturated heterocycles. The van der Waals surface area contributed by atoms with E-state index in [9.17, 15) is 14.7 Å². The first-order chi connectivity index (χ1) is 14.4. The van der Waals surface area contributed by atoms with Gasteiger partial charge in [-0.05, 0) is 43.2 Å². The quantitative estimate of drug-likeness (QED) is 0.379. The Balaban J connectivity index is 1.89. The first-order valence-electron chi connectivity index (χ1n) is 9.33. The van der Waals surface area contributed by atoms with Crippen LogP contribution in [0.3, 0.4) is 0 Å². The van der Waals surface area contributed by atoms with Crippen LogP contribution in [0.1, 0.15) is 34.1 Å².